The van der Waals surface area contributed by atoms with Gasteiger partial charge in [0.2, 0.25) is 0 Å². The third kappa shape index (κ3) is 5.50. The van der Waals surface area contributed by atoms with E-state index in [2.05, 4.69) is 81.4 Å². The van der Waals surface area contributed by atoms with Crippen LogP contribution in [0.3, 0.4) is 0 Å². The van der Waals surface area contributed by atoms with Gasteiger partial charge in [-0.15, -0.1) is 0 Å². The highest BCUT2D eigenvalue weighted by Gasteiger charge is 2.39. The van der Waals surface area contributed by atoms with Crippen LogP contribution in [-0.2, 0) is 18.3 Å². The van der Waals surface area contributed by atoms with Crippen LogP contribution in [-0.4, -0.2) is 0 Å². The zero-order chi connectivity index (χ0) is 26.7. The van der Waals surface area contributed by atoms with Crippen LogP contribution in [0.25, 0.3) is 0 Å². The molecule has 5 rings (SSSR count). The molecule has 1 fully saturated rings. The molecule has 0 aromatic heterocycles. The Labute approximate surface area is 229 Å². The van der Waals surface area contributed by atoms with E-state index in [0.717, 1.165) is 30.1 Å². The van der Waals surface area contributed by atoms with Gasteiger partial charge < -0.3 is 11.5 Å². The van der Waals surface area contributed by atoms with E-state index in [1.165, 1.54) is 76.6 Å². The fourth-order valence-corrected chi connectivity index (χ4v) is 6.75. The number of rotatable bonds is 7. The molecule has 1 aliphatic carbocycles. The number of nitrogens with two attached hydrogens (primary N) is 2. The maximum Gasteiger partial charge on any atom is 0.0314 e. The minimum atomic E-state index is 0.0826. The van der Waals surface area contributed by atoms with Crippen molar-refractivity contribution in [1.29, 1.82) is 0 Å². The van der Waals surface area contributed by atoms with Gasteiger partial charge in [0.15, 0.2) is 0 Å². The van der Waals surface area contributed by atoms with Crippen LogP contribution in [0.15, 0.2) is 84.9 Å². The lowest BCUT2D eigenvalue weighted by atomic mass is 9.61. The lowest BCUT2D eigenvalue weighted by molar-refractivity contribution is 0.259. The Bertz CT molecular complexity index is 1280. The van der Waals surface area contributed by atoms with Crippen LogP contribution in [0.4, 0.5) is 11.4 Å². The molecule has 4 aromatic carbocycles. The summed E-state index contributed by atoms with van der Waals surface area (Å²) in [5, 5.41) is 0. The van der Waals surface area contributed by atoms with Crippen LogP contribution >= 0.6 is 0 Å². The lowest BCUT2D eigenvalue weighted by Gasteiger charge is -2.43. The van der Waals surface area contributed by atoms with Gasteiger partial charge in [0, 0.05) is 16.8 Å². The van der Waals surface area contributed by atoms with E-state index in [0.29, 0.717) is 0 Å². The van der Waals surface area contributed by atoms with Crippen LogP contribution in [0.1, 0.15) is 83.5 Å². The Balaban J connectivity index is 1.47. The summed E-state index contributed by atoms with van der Waals surface area (Å²) in [4.78, 5) is 0. The number of nitrogen functional groups attached to an aromatic ring is 2. The second-order valence-corrected chi connectivity index (χ2v) is 11.6. The van der Waals surface area contributed by atoms with Crippen LogP contribution in [0.2, 0.25) is 0 Å². The van der Waals surface area contributed by atoms with E-state index < -0.39 is 0 Å². The molecule has 4 N–H and O–H groups in total. The first-order chi connectivity index (χ1) is 18.4. The molecule has 2 heteroatoms. The predicted molar refractivity (Wildman–Crippen MR) is 163 cm³/mol. The lowest BCUT2D eigenvalue weighted by Crippen LogP contribution is -2.34. The van der Waals surface area contributed by atoms with Crippen molar-refractivity contribution in [3.8, 4) is 0 Å². The Morgan fingerprint density at radius 1 is 0.605 bits per heavy atom. The number of hydrogen-bond acceptors (Lipinski definition) is 2. The van der Waals surface area contributed by atoms with Crippen molar-refractivity contribution >= 4 is 11.4 Å². The van der Waals surface area contributed by atoms with E-state index in [1.807, 2.05) is 24.3 Å². The van der Waals surface area contributed by atoms with Gasteiger partial charge in [-0.2, -0.15) is 0 Å². The summed E-state index contributed by atoms with van der Waals surface area (Å²) >= 11 is 0. The van der Waals surface area contributed by atoms with Crippen molar-refractivity contribution in [2.24, 2.45) is 5.92 Å². The van der Waals surface area contributed by atoms with Crippen molar-refractivity contribution in [2.45, 2.75) is 71.1 Å². The van der Waals surface area contributed by atoms with Gasteiger partial charge in [0.25, 0.3) is 0 Å². The molecule has 0 bridgehead atoms. The SMILES string of the molecule is CCC1CCC(c2ccc(Cc3ccc(N)cc3)cc2C)(c2ccc(Cc3ccc(N)cc3)cc2C)CC1. The molecule has 2 nitrogen and oxygen atoms in total. The van der Waals surface area contributed by atoms with E-state index in [4.69, 9.17) is 11.5 Å². The average Bonchev–Trinajstić information content (AvgIpc) is 2.92. The number of hydrogen-bond donors (Lipinski definition) is 2. The molecule has 0 saturated heterocycles. The van der Waals surface area contributed by atoms with Crippen molar-refractivity contribution < 1.29 is 0 Å². The topological polar surface area (TPSA) is 52.0 Å². The summed E-state index contributed by atoms with van der Waals surface area (Å²) in [5.41, 5.74) is 24.7. The smallest absolute Gasteiger partial charge is 0.0314 e. The first-order valence-corrected chi connectivity index (χ1v) is 14.2. The highest BCUT2D eigenvalue weighted by molar-refractivity contribution is 5.50. The van der Waals surface area contributed by atoms with Gasteiger partial charge in [-0.25, -0.2) is 0 Å². The molecule has 0 spiro atoms. The Kier molecular flexibility index (Phi) is 7.61. The number of anilines is 2. The van der Waals surface area contributed by atoms with Crippen molar-refractivity contribution in [3.05, 3.63) is 129 Å². The minimum Gasteiger partial charge on any atom is -0.399 e. The zero-order valence-electron chi connectivity index (χ0n) is 23.3. The van der Waals surface area contributed by atoms with Crippen molar-refractivity contribution in [3.63, 3.8) is 0 Å². The van der Waals surface area contributed by atoms with Gasteiger partial charge >= 0.3 is 0 Å². The molecule has 4 aromatic rings. The molecular weight excluding hydrogens is 460 g/mol. The normalized spacial score (nSPS) is 15.4. The van der Waals surface area contributed by atoms with Gasteiger partial charge in [-0.3, -0.25) is 0 Å². The maximum atomic E-state index is 5.90. The molecule has 1 saturated carbocycles. The monoisotopic (exact) mass is 502 g/mol. The van der Waals surface area contributed by atoms with Crippen molar-refractivity contribution in [2.75, 3.05) is 11.5 Å². The Morgan fingerprint density at radius 2 is 1.00 bits per heavy atom. The molecule has 38 heavy (non-hydrogen) atoms. The summed E-state index contributed by atoms with van der Waals surface area (Å²) < 4.78 is 0. The van der Waals surface area contributed by atoms with Crippen LogP contribution in [0.5, 0.6) is 0 Å². The van der Waals surface area contributed by atoms with Gasteiger partial charge in [-0.1, -0.05) is 74.0 Å². The summed E-state index contributed by atoms with van der Waals surface area (Å²) in [6, 6.07) is 31.0. The quantitative estimate of drug-likeness (QED) is 0.249. The third-order valence-corrected chi connectivity index (χ3v) is 8.92. The molecular formula is C36H42N2. The first-order valence-electron chi connectivity index (χ1n) is 14.2. The fraction of sp³-hybridized carbons (Fsp3) is 0.333. The highest BCUT2D eigenvalue weighted by Crippen LogP contribution is 2.49. The highest BCUT2D eigenvalue weighted by atomic mass is 14.5. The summed E-state index contributed by atoms with van der Waals surface area (Å²) in [7, 11) is 0. The van der Waals surface area contributed by atoms with Gasteiger partial charge in [0.05, 0.1) is 0 Å². The van der Waals surface area contributed by atoms with E-state index in [1.54, 1.807) is 0 Å². The first kappa shape index (κ1) is 26.1. The Morgan fingerprint density at radius 3 is 1.37 bits per heavy atom. The van der Waals surface area contributed by atoms with E-state index in [9.17, 15) is 0 Å². The molecule has 1 aliphatic rings. The second kappa shape index (κ2) is 11.1. The minimum absolute atomic E-state index is 0.0826. The van der Waals surface area contributed by atoms with Crippen LogP contribution < -0.4 is 11.5 Å². The fourth-order valence-electron chi connectivity index (χ4n) is 6.75. The van der Waals surface area contributed by atoms with E-state index in [-0.39, 0.29) is 5.41 Å². The van der Waals surface area contributed by atoms with Gasteiger partial charge in [-0.05, 0) is 127 Å². The summed E-state index contributed by atoms with van der Waals surface area (Å²) in [5.74, 6) is 0.846. The van der Waals surface area contributed by atoms with Crippen LogP contribution in [0, 0.1) is 19.8 Å². The van der Waals surface area contributed by atoms with E-state index >= 15 is 0 Å². The average molecular weight is 503 g/mol. The standard InChI is InChI=1S/C36H42N2/c1-4-27-17-19-36(20-18-27,34-15-9-30(21-25(34)2)23-28-5-11-32(37)12-6-28)35-16-10-31(22-26(35)3)24-29-7-13-33(38)14-8-29/h5-16,21-22,27H,4,17-20,23-24,37-38H2,1-3H3. The predicted octanol–water partition coefficient (Wildman–Crippen LogP) is 8.54. The number of aryl methyl sites for hydroxylation is 2. The van der Waals surface area contributed by atoms with Crippen molar-refractivity contribution in [1.82, 2.24) is 0 Å². The summed E-state index contributed by atoms with van der Waals surface area (Å²) in [6.45, 7) is 6.99. The summed E-state index contributed by atoms with van der Waals surface area (Å²) in [6.07, 6.45) is 8.21. The third-order valence-electron chi connectivity index (χ3n) is 8.92. The zero-order valence-corrected chi connectivity index (χ0v) is 23.3. The molecule has 0 aliphatic heterocycles. The number of benzene rings is 4. The molecule has 0 amide bonds. The largest absolute Gasteiger partial charge is 0.399 e. The maximum absolute atomic E-state index is 5.90. The second-order valence-electron chi connectivity index (χ2n) is 11.6. The molecule has 0 atom stereocenters. The molecule has 0 unspecified atom stereocenters. The molecule has 0 radical (unpaired) electrons. The molecule has 0 heterocycles. The van der Waals surface area contributed by atoms with Gasteiger partial charge in [0.1, 0.15) is 0 Å². The Hall–Kier alpha value is -3.52. The molecule has 196 valence electrons.